The third-order valence-corrected chi connectivity index (χ3v) is 4.29. The highest BCUT2D eigenvalue weighted by atomic mass is 35.5. The molecule has 1 heterocycles. The molecule has 2 aromatic rings. The van der Waals surface area contributed by atoms with Crippen molar-refractivity contribution >= 4 is 28.9 Å². The number of halogens is 1. The fourth-order valence-electron chi connectivity index (χ4n) is 2.84. The van der Waals surface area contributed by atoms with E-state index in [9.17, 15) is 14.9 Å². The molecule has 0 aromatic heterocycles. The summed E-state index contributed by atoms with van der Waals surface area (Å²) in [5.41, 5.74) is 1.24. The minimum absolute atomic E-state index is 0.0697. The lowest BCUT2D eigenvalue weighted by Crippen LogP contribution is -2.48. The summed E-state index contributed by atoms with van der Waals surface area (Å²) >= 11 is 5.94. The summed E-state index contributed by atoms with van der Waals surface area (Å²) in [5, 5.41) is 11.7. The molecule has 2 aromatic carbocycles. The van der Waals surface area contributed by atoms with Crippen LogP contribution in [0.4, 0.5) is 11.4 Å². The largest absolute Gasteiger partial charge is 0.362 e. The average Bonchev–Trinajstić information content (AvgIpc) is 2.61. The zero-order valence-electron chi connectivity index (χ0n) is 12.9. The monoisotopic (exact) mass is 345 g/mol. The van der Waals surface area contributed by atoms with Gasteiger partial charge in [0.25, 0.3) is 11.6 Å². The van der Waals surface area contributed by atoms with Crippen molar-refractivity contribution in [2.75, 3.05) is 31.1 Å². The van der Waals surface area contributed by atoms with Gasteiger partial charge in [-0.1, -0.05) is 29.8 Å². The number of piperazine rings is 1. The molecule has 0 aliphatic carbocycles. The summed E-state index contributed by atoms with van der Waals surface area (Å²) in [6.45, 7) is 2.13. The maximum atomic E-state index is 12.5. The predicted molar refractivity (Wildman–Crippen MR) is 92.7 cm³/mol. The molecule has 0 N–H and O–H groups in total. The molecule has 0 unspecified atom stereocenters. The Morgan fingerprint density at radius 2 is 1.75 bits per heavy atom. The van der Waals surface area contributed by atoms with E-state index in [0.29, 0.717) is 42.5 Å². The van der Waals surface area contributed by atoms with Crippen LogP contribution in [0.15, 0.2) is 48.5 Å². The lowest BCUT2D eigenvalue weighted by atomic mass is 10.1. The van der Waals surface area contributed by atoms with Gasteiger partial charge in [-0.05, 0) is 24.3 Å². The Morgan fingerprint density at radius 1 is 1.04 bits per heavy atom. The van der Waals surface area contributed by atoms with Crippen molar-refractivity contribution in [2.45, 2.75) is 0 Å². The van der Waals surface area contributed by atoms with Gasteiger partial charge in [-0.15, -0.1) is 0 Å². The molecular formula is C17H16ClN3O3. The third-order valence-electron chi connectivity index (χ3n) is 4.06. The van der Waals surface area contributed by atoms with Crippen molar-refractivity contribution in [3.05, 3.63) is 69.2 Å². The van der Waals surface area contributed by atoms with Gasteiger partial charge in [-0.2, -0.15) is 0 Å². The van der Waals surface area contributed by atoms with E-state index in [1.165, 1.54) is 6.07 Å². The number of carbonyl (C=O) groups excluding carboxylic acids is 1. The summed E-state index contributed by atoms with van der Waals surface area (Å²) in [7, 11) is 0. The van der Waals surface area contributed by atoms with Crippen molar-refractivity contribution in [1.82, 2.24) is 4.90 Å². The van der Waals surface area contributed by atoms with Gasteiger partial charge in [-0.3, -0.25) is 14.9 Å². The van der Waals surface area contributed by atoms with Crippen LogP contribution >= 0.6 is 11.6 Å². The summed E-state index contributed by atoms with van der Waals surface area (Å²) < 4.78 is 0. The highest BCUT2D eigenvalue weighted by Crippen LogP contribution is 2.28. The van der Waals surface area contributed by atoms with Crippen molar-refractivity contribution in [1.29, 1.82) is 0 Å². The van der Waals surface area contributed by atoms with Gasteiger partial charge < -0.3 is 9.80 Å². The van der Waals surface area contributed by atoms with E-state index in [-0.39, 0.29) is 16.5 Å². The second-order valence-corrected chi connectivity index (χ2v) is 5.97. The van der Waals surface area contributed by atoms with Crippen LogP contribution in [0.2, 0.25) is 5.02 Å². The molecular weight excluding hydrogens is 330 g/mol. The zero-order valence-corrected chi connectivity index (χ0v) is 13.6. The number of hydrogen-bond acceptors (Lipinski definition) is 4. The van der Waals surface area contributed by atoms with E-state index in [1.54, 1.807) is 47.4 Å². The normalized spacial score (nSPS) is 14.5. The van der Waals surface area contributed by atoms with Crippen LogP contribution in [-0.2, 0) is 0 Å². The molecule has 3 rings (SSSR count). The molecule has 0 spiro atoms. The summed E-state index contributed by atoms with van der Waals surface area (Å²) in [6, 6.07) is 13.5. The van der Waals surface area contributed by atoms with Crippen LogP contribution in [0.3, 0.4) is 0 Å². The van der Waals surface area contributed by atoms with E-state index in [4.69, 9.17) is 11.6 Å². The van der Waals surface area contributed by atoms with Gasteiger partial charge in [0.05, 0.1) is 4.92 Å². The maximum absolute atomic E-state index is 12.5. The molecule has 1 aliphatic rings. The summed E-state index contributed by atoms with van der Waals surface area (Å²) in [5.74, 6) is -0.0697. The number of hydrogen-bond donors (Lipinski definition) is 0. The second-order valence-electron chi connectivity index (χ2n) is 5.54. The van der Waals surface area contributed by atoms with Gasteiger partial charge in [0.15, 0.2) is 0 Å². The second kappa shape index (κ2) is 6.88. The van der Waals surface area contributed by atoms with E-state index in [2.05, 4.69) is 0 Å². The molecule has 1 aliphatic heterocycles. The van der Waals surface area contributed by atoms with Crippen LogP contribution in [0.5, 0.6) is 0 Å². The summed E-state index contributed by atoms with van der Waals surface area (Å²) in [6.07, 6.45) is 0. The fourth-order valence-corrected chi connectivity index (χ4v) is 3.03. The van der Waals surface area contributed by atoms with Crippen LogP contribution < -0.4 is 4.90 Å². The molecule has 124 valence electrons. The number of nitro benzene ring substituents is 1. The Kier molecular flexibility index (Phi) is 4.66. The van der Waals surface area contributed by atoms with E-state index >= 15 is 0 Å². The fraction of sp³-hybridized carbons (Fsp3) is 0.235. The maximum Gasteiger partial charge on any atom is 0.292 e. The number of para-hydroxylation sites is 2. The first kappa shape index (κ1) is 16.3. The van der Waals surface area contributed by atoms with Gasteiger partial charge >= 0.3 is 0 Å². The average molecular weight is 346 g/mol. The van der Waals surface area contributed by atoms with Crippen LogP contribution in [0.1, 0.15) is 10.4 Å². The predicted octanol–water partition coefficient (Wildman–Crippen LogP) is 3.21. The van der Waals surface area contributed by atoms with Crippen LogP contribution in [0, 0.1) is 10.1 Å². The standard InChI is InChI=1S/C17H16ClN3O3/c18-14-5-3-4-13(12-14)17(22)20-10-8-19(9-11-20)15-6-1-2-7-16(15)21(23)24/h1-7,12H,8-11H2. The smallest absolute Gasteiger partial charge is 0.292 e. The summed E-state index contributed by atoms with van der Waals surface area (Å²) in [4.78, 5) is 27.0. The number of carbonyl (C=O) groups is 1. The first-order chi connectivity index (χ1) is 11.6. The van der Waals surface area contributed by atoms with Gasteiger partial charge in [0.1, 0.15) is 5.69 Å². The number of nitrogens with zero attached hydrogens (tertiary/aromatic N) is 3. The van der Waals surface area contributed by atoms with Crippen molar-refractivity contribution in [3.63, 3.8) is 0 Å². The van der Waals surface area contributed by atoms with Crippen LogP contribution in [-0.4, -0.2) is 41.9 Å². The van der Waals surface area contributed by atoms with E-state index < -0.39 is 0 Å². The highest BCUT2D eigenvalue weighted by Gasteiger charge is 2.25. The van der Waals surface area contributed by atoms with Crippen molar-refractivity contribution < 1.29 is 9.72 Å². The van der Waals surface area contributed by atoms with E-state index in [0.717, 1.165) is 0 Å². The minimum atomic E-state index is -0.376. The molecule has 0 radical (unpaired) electrons. The topological polar surface area (TPSA) is 66.7 Å². The zero-order chi connectivity index (χ0) is 17.1. The third kappa shape index (κ3) is 3.33. The Labute approximate surface area is 144 Å². The first-order valence-electron chi connectivity index (χ1n) is 7.59. The number of rotatable bonds is 3. The number of benzene rings is 2. The quantitative estimate of drug-likeness (QED) is 0.633. The SMILES string of the molecule is O=C(c1cccc(Cl)c1)N1CCN(c2ccccc2[N+](=O)[O-])CC1. The highest BCUT2D eigenvalue weighted by molar-refractivity contribution is 6.30. The Bertz CT molecular complexity index is 773. The molecule has 24 heavy (non-hydrogen) atoms. The Hall–Kier alpha value is -2.60. The molecule has 6 nitrogen and oxygen atoms in total. The first-order valence-corrected chi connectivity index (χ1v) is 7.97. The molecule has 0 saturated carbocycles. The Balaban J connectivity index is 1.70. The van der Waals surface area contributed by atoms with Gasteiger partial charge in [0.2, 0.25) is 0 Å². The molecule has 1 amide bonds. The van der Waals surface area contributed by atoms with Crippen molar-refractivity contribution in [3.8, 4) is 0 Å². The van der Waals surface area contributed by atoms with Crippen LogP contribution in [0.25, 0.3) is 0 Å². The van der Waals surface area contributed by atoms with E-state index in [1.807, 2.05) is 4.90 Å². The molecule has 1 saturated heterocycles. The number of nitro groups is 1. The Morgan fingerprint density at radius 3 is 2.42 bits per heavy atom. The molecule has 0 bridgehead atoms. The molecule has 7 heteroatoms. The minimum Gasteiger partial charge on any atom is -0.362 e. The van der Waals surface area contributed by atoms with Gasteiger partial charge in [-0.25, -0.2) is 0 Å². The molecule has 1 fully saturated rings. The lowest BCUT2D eigenvalue weighted by molar-refractivity contribution is -0.384. The van der Waals surface area contributed by atoms with Gasteiger partial charge in [0, 0.05) is 42.8 Å². The number of amides is 1. The lowest BCUT2D eigenvalue weighted by Gasteiger charge is -2.35. The molecule has 0 atom stereocenters. The number of anilines is 1. The van der Waals surface area contributed by atoms with Crippen molar-refractivity contribution in [2.24, 2.45) is 0 Å².